The highest BCUT2D eigenvalue weighted by molar-refractivity contribution is 6.13. The van der Waals surface area contributed by atoms with Crippen molar-refractivity contribution in [2.75, 3.05) is 0 Å². The van der Waals surface area contributed by atoms with Gasteiger partial charge in [0.05, 0.1) is 11.1 Å². The lowest BCUT2D eigenvalue weighted by Crippen LogP contribution is -2.20. The van der Waals surface area contributed by atoms with E-state index in [2.05, 4.69) is 0 Å². The Labute approximate surface area is 115 Å². The number of rotatable bonds is 0. The Morgan fingerprint density at radius 3 is 1.65 bits per heavy atom. The van der Waals surface area contributed by atoms with Crippen LogP contribution in [-0.4, -0.2) is 11.9 Å². The van der Waals surface area contributed by atoms with Crippen LogP contribution in [0.15, 0.2) is 36.4 Å². The van der Waals surface area contributed by atoms with E-state index in [-0.39, 0.29) is 17.3 Å². The molecular weight excluding hydrogens is 256 g/mol. The average Bonchev–Trinajstić information content (AvgIpc) is 2.41. The van der Waals surface area contributed by atoms with E-state index in [0.717, 1.165) is 11.1 Å². The molecule has 0 aliphatic carbocycles. The number of hydrogen-bond acceptors (Lipinski definition) is 4. The molecule has 100 valence electrons. The van der Waals surface area contributed by atoms with Gasteiger partial charge < -0.3 is 9.47 Å². The molecule has 1 aliphatic rings. The fourth-order valence-corrected chi connectivity index (χ4v) is 2.17. The number of ketones is 1. The zero-order chi connectivity index (χ0) is 14.3. The van der Waals surface area contributed by atoms with Crippen molar-refractivity contribution in [3.8, 4) is 11.5 Å². The van der Waals surface area contributed by atoms with E-state index in [0.29, 0.717) is 11.1 Å². The van der Waals surface area contributed by atoms with Crippen LogP contribution < -0.4 is 9.47 Å². The Morgan fingerprint density at radius 2 is 1.20 bits per heavy atom. The zero-order valence-electron chi connectivity index (χ0n) is 11.1. The molecule has 2 aromatic rings. The average molecular weight is 268 g/mol. The second-order valence-electron chi connectivity index (χ2n) is 4.78. The molecule has 0 saturated heterocycles. The van der Waals surface area contributed by atoms with Crippen LogP contribution in [0.2, 0.25) is 0 Å². The van der Waals surface area contributed by atoms with Gasteiger partial charge in [0.2, 0.25) is 5.78 Å². The van der Waals surface area contributed by atoms with Gasteiger partial charge in [-0.25, -0.2) is 4.79 Å². The first-order valence-corrected chi connectivity index (χ1v) is 6.20. The Bertz CT molecular complexity index is 672. The largest absolute Gasteiger partial charge is 0.519 e. The molecule has 1 aliphatic heterocycles. The molecule has 0 radical (unpaired) electrons. The van der Waals surface area contributed by atoms with Gasteiger partial charge >= 0.3 is 6.16 Å². The van der Waals surface area contributed by atoms with Crippen molar-refractivity contribution in [1.29, 1.82) is 0 Å². The molecule has 0 aromatic heterocycles. The molecule has 0 spiro atoms. The summed E-state index contributed by atoms with van der Waals surface area (Å²) < 4.78 is 10.1. The first kappa shape index (κ1) is 12.4. The van der Waals surface area contributed by atoms with Gasteiger partial charge in [-0.3, -0.25) is 4.79 Å². The lowest BCUT2D eigenvalue weighted by atomic mass is 9.98. The normalized spacial score (nSPS) is 13.5. The van der Waals surface area contributed by atoms with Crippen LogP contribution in [0.25, 0.3) is 0 Å². The zero-order valence-corrected chi connectivity index (χ0v) is 11.1. The summed E-state index contributed by atoms with van der Waals surface area (Å²) in [4.78, 5) is 24.3. The summed E-state index contributed by atoms with van der Waals surface area (Å²) in [6, 6.07) is 10.2. The molecule has 0 atom stereocenters. The van der Waals surface area contributed by atoms with Crippen molar-refractivity contribution in [2.45, 2.75) is 13.8 Å². The molecule has 4 nitrogen and oxygen atoms in total. The Kier molecular flexibility index (Phi) is 2.79. The second-order valence-corrected chi connectivity index (χ2v) is 4.78. The van der Waals surface area contributed by atoms with Gasteiger partial charge in [-0.05, 0) is 38.1 Å². The quantitative estimate of drug-likeness (QED) is 0.542. The van der Waals surface area contributed by atoms with Crippen LogP contribution in [0.1, 0.15) is 27.0 Å². The summed E-state index contributed by atoms with van der Waals surface area (Å²) in [5, 5.41) is 0. The summed E-state index contributed by atoms with van der Waals surface area (Å²) in [7, 11) is 0. The third kappa shape index (κ3) is 2.05. The topological polar surface area (TPSA) is 52.6 Å². The molecule has 1 heterocycles. The van der Waals surface area contributed by atoms with Gasteiger partial charge in [0, 0.05) is 0 Å². The lowest BCUT2D eigenvalue weighted by Gasteiger charge is -2.16. The maximum Gasteiger partial charge on any atom is 0.519 e. The minimum Gasteiger partial charge on any atom is -0.394 e. The third-order valence-electron chi connectivity index (χ3n) is 3.15. The fourth-order valence-electron chi connectivity index (χ4n) is 2.17. The van der Waals surface area contributed by atoms with Gasteiger partial charge in [-0.15, -0.1) is 0 Å². The smallest absolute Gasteiger partial charge is 0.394 e. The summed E-state index contributed by atoms with van der Waals surface area (Å²) in [6.07, 6.45) is -0.840. The number of carbonyl (C=O) groups excluding carboxylic acids is 2. The Balaban J connectivity index is 2.25. The lowest BCUT2D eigenvalue weighted by molar-refractivity contribution is 0.102. The van der Waals surface area contributed by atoms with Gasteiger partial charge in [0.25, 0.3) is 0 Å². The number of aryl methyl sites for hydroxylation is 2. The number of hydrogen-bond donors (Lipinski definition) is 0. The van der Waals surface area contributed by atoms with Crippen LogP contribution in [0, 0.1) is 13.8 Å². The summed E-state index contributed by atoms with van der Waals surface area (Å²) in [6.45, 7) is 3.75. The number of benzene rings is 2. The maximum atomic E-state index is 12.6. The molecule has 0 unspecified atom stereocenters. The molecule has 0 N–H and O–H groups in total. The highest BCUT2D eigenvalue weighted by atomic mass is 16.7. The van der Waals surface area contributed by atoms with E-state index in [9.17, 15) is 9.59 Å². The maximum absolute atomic E-state index is 12.6. The number of fused-ring (bicyclic) bond motifs is 2. The minimum atomic E-state index is -0.840. The Hall–Kier alpha value is -2.62. The van der Waals surface area contributed by atoms with Crippen molar-refractivity contribution >= 4 is 11.9 Å². The molecule has 2 aromatic carbocycles. The van der Waals surface area contributed by atoms with E-state index >= 15 is 0 Å². The van der Waals surface area contributed by atoms with E-state index in [4.69, 9.17) is 9.47 Å². The molecule has 0 saturated carbocycles. The third-order valence-corrected chi connectivity index (χ3v) is 3.15. The predicted octanol–water partition coefficient (Wildman–Crippen LogP) is 3.43. The molecule has 0 bridgehead atoms. The standard InChI is InChI=1S/C16H12O4/c1-9-3-5-13-11(7-9)15(17)12-8-10(2)4-6-14(12)20-16(18)19-13/h3-8H,1-2H3. The van der Waals surface area contributed by atoms with E-state index in [1.54, 1.807) is 36.4 Å². The van der Waals surface area contributed by atoms with Crippen molar-refractivity contribution < 1.29 is 19.1 Å². The predicted molar refractivity (Wildman–Crippen MR) is 72.4 cm³/mol. The molecule has 3 rings (SSSR count). The summed E-state index contributed by atoms with van der Waals surface area (Å²) in [5.74, 6) is 0.227. The summed E-state index contributed by atoms with van der Waals surface area (Å²) >= 11 is 0. The molecule has 0 amide bonds. The van der Waals surface area contributed by atoms with Crippen molar-refractivity contribution in [3.05, 3.63) is 58.7 Å². The molecular formula is C16H12O4. The van der Waals surface area contributed by atoms with Gasteiger partial charge in [0.1, 0.15) is 11.5 Å². The fraction of sp³-hybridized carbons (Fsp3) is 0.125. The van der Waals surface area contributed by atoms with Gasteiger partial charge in [-0.2, -0.15) is 0 Å². The highest BCUT2D eigenvalue weighted by Crippen LogP contribution is 2.31. The van der Waals surface area contributed by atoms with Crippen molar-refractivity contribution in [1.82, 2.24) is 0 Å². The van der Waals surface area contributed by atoms with E-state index < -0.39 is 6.16 Å². The number of ether oxygens (including phenoxy) is 2. The van der Waals surface area contributed by atoms with Crippen LogP contribution in [0.4, 0.5) is 4.79 Å². The molecule has 0 fully saturated rings. The summed E-state index contributed by atoms with van der Waals surface area (Å²) in [5.41, 5.74) is 2.58. The monoisotopic (exact) mass is 268 g/mol. The molecule has 20 heavy (non-hydrogen) atoms. The van der Waals surface area contributed by atoms with Crippen molar-refractivity contribution in [2.24, 2.45) is 0 Å². The van der Waals surface area contributed by atoms with E-state index in [1.165, 1.54) is 0 Å². The van der Waals surface area contributed by atoms with Crippen molar-refractivity contribution in [3.63, 3.8) is 0 Å². The Morgan fingerprint density at radius 1 is 0.750 bits per heavy atom. The first-order valence-electron chi connectivity index (χ1n) is 6.20. The highest BCUT2D eigenvalue weighted by Gasteiger charge is 2.25. The van der Waals surface area contributed by atoms with Crippen LogP contribution in [0.3, 0.4) is 0 Å². The SMILES string of the molecule is Cc1ccc2c(c1)C(=O)c1cc(C)ccc1OC(=O)O2. The van der Waals surface area contributed by atoms with Crippen LogP contribution in [-0.2, 0) is 0 Å². The van der Waals surface area contributed by atoms with Crippen LogP contribution in [0.5, 0.6) is 11.5 Å². The van der Waals surface area contributed by atoms with Gasteiger partial charge in [-0.1, -0.05) is 23.3 Å². The minimum absolute atomic E-state index is 0.213. The molecule has 4 heteroatoms. The first-order chi connectivity index (χ1) is 9.54. The second kappa shape index (κ2) is 4.49. The van der Waals surface area contributed by atoms with Gasteiger partial charge in [0.15, 0.2) is 0 Å². The van der Waals surface area contributed by atoms with E-state index in [1.807, 2.05) is 13.8 Å². The van der Waals surface area contributed by atoms with Crippen LogP contribution >= 0.6 is 0 Å². The number of carbonyl (C=O) groups is 2.